The van der Waals surface area contributed by atoms with Gasteiger partial charge in [0, 0.05) is 16.1 Å². The van der Waals surface area contributed by atoms with Crippen LogP contribution in [0.25, 0.3) is 0 Å². The van der Waals surface area contributed by atoms with Crippen molar-refractivity contribution in [2.45, 2.75) is 38.5 Å². The van der Waals surface area contributed by atoms with Crippen molar-refractivity contribution in [1.82, 2.24) is 4.98 Å². The van der Waals surface area contributed by atoms with Gasteiger partial charge in [0.15, 0.2) is 0 Å². The molecule has 0 N–H and O–H groups in total. The molecular formula is C11H14BrN. The lowest BCUT2D eigenvalue weighted by molar-refractivity contribution is 0.798. The van der Waals surface area contributed by atoms with Crippen LogP contribution in [0.3, 0.4) is 0 Å². The number of halogens is 1. The molecule has 0 aliphatic heterocycles. The van der Waals surface area contributed by atoms with Gasteiger partial charge in [0.05, 0.1) is 5.69 Å². The van der Waals surface area contributed by atoms with E-state index < -0.39 is 0 Å². The molecule has 0 amide bonds. The molecule has 0 radical (unpaired) electrons. The average Bonchev–Trinajstić information content (AvgIpc) is 2.87. The van der Waals surface area contributed by atoms with Crippen molar-refractivity contribution in [3.05, 3.63) is 28.0 Å². The first-order valence-electron chi connectivity index (χ1n) is 4.85. The van der Waals surface area contributed by atoms with Gasteiger partial charge in [-0.2, -0.15) is 0 Å². The predicted octanol–water partition coefficient (Wildman–Crippen LogP) is 3.84. The Morgan fingerprint density at radius 3 is 2.62 bits per heavy atom. The molecule has 2 heteroatoms. The van der Waals surface area contributed by atoms with Crippen molar-refractivity contribution in [3.63, 3.8) is 0 Å². The first-order valence-corrected chi connectivity index (χ1v) is 5.64. The molecular weight excluding hydrogens is 226 g/mol. The molecule has 1 fully saturated rings. The second-order valence-electron chi connectivity index (χ2n) is 4.03. The summed E-state index contributed by atoms with van der Waals surface area (Å²) in [6, 6.07) is 4.28. The molecule has 1 aromatic rings. The van der Waals surface area contributed by atoms with Crippen molar-refractivity contribution in [3.8, 4) is 0 Å². The van der Waals surface area contributed by atoms with Crippen molar-refractivity contribution in [1.29, 1.82) is 0 Å². The molecule has 1 aliphatic rings. The van der Waals surface area contributed by atoms with Crippen molar-refractivity contribution in [2.75, 3.05) is 0 Å². The fraction of sp³-hybridized carbons (Fsp3) is 0.545. The predicted molar refractivity (Wildman–Crippen MR) is 58.0 cm³/mol. The third kappa shape index (κ3) is 1.93. The van der Waals surface area contributed by atoms with E-state index in [9.17, 15) is 0 Å². The summed E-state index contributed by atoms with van der Waals surface area (Å²) < 4.78 is 1.15. The van der Waals surface area contributed by atoms with Crippen molar-refractivity contribution >= 4 is 15.9 Å². The second kappa shape index (κ2) is 3.41. The molecule has 1 aromatic heterocycles. The van der Waals surface area contributed by atoms with Crippen LogP contribution in [0.4, 0.5) is 0 Å². The minimum Gasteiger partial charge on any atom is -0.256 e. The van der Waals surface area contributed by atoms with E-state index in [4.69, 9.17) is 0 Å². The summed E-state index contributed by atoms with van der Waals surface area (Å²) in [6.45, 7) is 4.37. The van der Waals surface area contributed by atoms with Gasteiger partial charge in [-0.1, -0.05) is 13.8 Å². The molecule has 0 saturated heterocycles. The summed E-state index contributed by atoms with van der Waals surface area (Å²) in [5.74, 6) is 1.26. The highest BCUT2D eigenvalue weighted by molar-refractivity contribution is 9.10. The lowest BCUT2D eigenvalue weighted by atomic mass is 10.1. The third-order valence-electron chi connectivity index (χ3n) is 2.44. The highest BCUT2D eigenvalue weighted by Crippen LogP contribution is 2.40. The van der Waals surface area contributed by atoms with Crippen LogP contribution >= 0.6 is 15.9 Å². The van der Waals surface area contributed by atoms with E-state index in [1.54, 1.807) is 0 Å². The Kier molecular flexibility index (Phi) is 2.41. The summed E-state index contributed by atoms with van der Waals surface area (Å²) in [7, 11) is 0. The van der Waals surface area contributed by atoms with E-state index in [1.165, 1.54) is 24.2 Å². The molecule has 2 rings (SSSR count). The lowest BCUT2D eigenvalue weighted by Gasteiger charge is -2.08. The lowest BCUT2D eigenvalue weighted by Crippen LogP contribution is -1.97. The summed E-state index contributed by atoms with van der Waals surface area (Å²) in [5.41, 5.74) is 2.48. The zero-order chi connectivity index (χ0) is 9.42. The molecule has 1 heterocycles. The molecule has 13 heavy (non-hydrogen) atoms. The number of pyridine rings is 1. The van der Waals surface area contributed by atoms with Crippen molar-refractivity contribution < 1.29 is 0 Å². The maximum absolute atomic E-state index is 4.69. The Balaban J connectivity index is 2.36. The molecule has 1 aliphatic carbocycles. The number of rotatable bonds is 2. The van der Waals surface area contributed by atoms with E-state index in [2.05, 4.69) is 46.9 Å². The maximum Gasteiger partial charge on any atom is 0.0574 e. The standard InChI is InChI=1S/C11H14BrN/c1-7(2)11-9(12)5-6-10(13-11)8-3-4-8/h5-8H,3-4H2,1-2H3. The summed E-state index contributed by atoms with van der Waals surface area (Å²) in [4.78, 5) is 4.69. The van der Waals surface area contributed by atoms with Gasteiger partial charge >= 0.3 is 0 Å². The van der Waals surface area contributed by atoms with Gasteiger partial charge in [-0.3, -0.25) is 4.98 Å². The Bertz CT molecular complexity index is 316. The zero-order valence-electron chi connectivity index (χ0n) is 8.05. The van der Waals surface area contributed by atoms with E-state index in [1.807, 2.05) is 0 Å². The maximum atomic E-state index is 4.69. The Morgan fingerprint density at radius 1 is 1.38 bits per heavy atom. The summed E-state index contributed by atoms with van der Waals surface area (Å²) in [5, 5.41) is 0. The van der Waals surface area contributed by atoms with Crippen LogP contribution in [0.1, 0.15) is 49.9 Å². The number of hydrogen-bond acceptors (Lipinski definition) is 1. The normalized spacial score (nSPS) is 16.6. The van der Waals surface area contributed by atoms with Crippen LogP contribution < -0.4 is 0 Å². The number of nitrogens with zero attached hydrogens (tertiary/aromatic N) is 1. The molecule has 1 nitrogen and oxygen atoms in total. The fourth-order valence-corrected chi connectivity index (χ4v) is 2.16. The summed E-state index contributed by atoms with van der Waals surface area (Å²) >= 11 is 3.54. The minimum atomic E-state index is 0.507. The third-order valence-corrected chi connectivity index (χ3v) is 3.11. The zero-order valence-corrected chi connectivity index (χ0v) is 9.63. The Labute approximate surface area is 87.7 Å². The second-order valence-corrected chi connectivity index (χ2v) is 4.89. The topological polar surface area (TPSA) is 12.9 Å². The molecule has 0 spiro atoms. The summed E-state index contributed by atoms with van der Waals surface area (Å²) in [6.07, 6.45) is 2.65. The van der Waals surface area contributed by atoms with Crippen LogP contribution in [-0.2, 0) is 0 Å². The largest absolute Gasteiger partial charge is 0.256 e. The monoisotopic (exact) mass is 239 g/mol. The van der Waals surface area contributed by atoms with E-state index in [-0.39, 0.29) is 0 Å². The van der Waals surface area contributed by atoms with Gasteiger partial charge in [0.25, 0.3) is 0 Å². The molecule has 0 unspecified atom stereocenters. The molecule has 0 atom stereocenters. The first kappa shape index (κ1) is 9.20. The van der Waals surface area contributed by atoms with E-state index >= 15 is 0 Å². The molecule has 0 aromatic carbocycles. The molecule has 70 valence electrons. The highest BCUT2D eigenvalue weighted by atomic mass is 79.9. The van der Waals surface area contributed by atoms with Gasteiger partial charge < -0.3 is 0 Å². The Morgan fingerprint density at radius 2 is 2.08 bits per heavy atom. The van der Waals surface area contributed by atoms with Gasteiger partial charge in [-0.05, 0) is 46.8 Å². The van der Waals surface area contributed by atoms with Crippen LogP contribution in [0.15, 0.2) is 16.6 Å². The number of aromatic nitrogens is 1. The first-order chi connectivity index (χ1) is 6.18. The highest BCUT2D eigenvalue weighted by Gasteiger charge is 2.25. The van der Waals surface area contributed by atoms with Crippen molar-refractivity contribution in [2.24, 2.45) is 0 Å². The Hall–Kier alpha value is -0.370. The van der Waals surface area contributed by atoms with Gasteiger partial charge in [-0.25, -0.2) is 0 Å². The van der Waals surface area contributed by atoms with E-state index in [0.29, 0.717) is 5.92 Å². The van der Waals surface area contributed by atoms with E-state index in [0.717, 1.165) is 10.4 Å². The number of hydrogen-bond donors (Lipinski definition) is 0. The van der Waals surface area contributed by atoms with Gasteiger partial charge in [0.2, 0.25) is 0 Å². The SMILES string of the molecule is CC(C)c1nc(C2CC2)ccc1Br. The quantitative estimate of drug-likeness (QED) is 0.765. The van der Waals surface area contributed by atoms with Crippen LogP contribution in [0.2, 0.25) is 0 Å². The van der Waals surface area contributed by atoms with Gasteiger partial charge in [0.1, 0.15) is 0 Å². The van der Waals surface area contributed by atoms with Crippen LogP contribution in [-0.4, -0.2) is 4.98 Å². The minimum absolute atomic E-state index is 0.507. The molecule has 1 saturated carbocycles. The fourth-order valence-electron chi connectivity index (χ4n) is 1.49. The molecule has 0 bridgehead atoms. The van der Waals surface area contributed by atoms with Crippen LogP contribution in [0.5, 0.6) is 0 Å². The average molecular weight is 240 g/mol. The van der Waals surface area contributed by atoms with Gasteiger partial charge in [-0.15, -0.1) is 0 Å². The smallest absolute Gasteiger partial charge is 0.0574 e. The van der Waals surface area contributed by atoms with Crippen LogP contribution in [0, 0.1) is 0 Å².